The number of nitrogens with zero attached hydrogens (tertiary/aromatic N) is 1. The Hall–Kier alpha value is -4.57. The molecule has 0 fully saturated rings. The van der Waals surface area contributed by atoms with Gasteiger partial charge in [0.2, 0.25) is 0 Å². The molecule has 3 N–H and O–H groups in total. The van der Waals surface area contributed by atoms with Crippen molar-refractivity contribution in [1.82, 2.24) is 10.3 Å². The number of carboxylic acids is 1. The second kappa shape index (κ2) is 9.28. The average molecular weight is 439 g/mol. The Morgan fingerprint density at radius 3 is 2.76 bits per heavy atom. The molecule has 0 radical (unpaired) electrons. The minimum Gasteiger partial charge on any atom is -0.478 e. The first kappa shape index (κ1) is 21.7. The number of aromatic nitrogens is 1. The van der Waals surface area contributed by atoms with E-state index < -0.39 is 11.9 Å². The standard InChI is InChI=1S/C26H21N3O4/c1-16-12-17(26(31)32)6-8-21(16)24-9-7-20(33-24)13-19(14-27)25(30)28-11-10-18-15-29-23-5-3-2-4-22(18)23/h2-9,12-13,15,29H,10-11H2,1H3,(H,28,30)(H,31,32)/b19-13-. The molecule has 0 aliphatic rings. The van der Waals surface area contributed by atoms with Crippen LogP contribution in [0.15, 0.2) is 70.8 Å². The minimum absolute atomic E-state index is 0.0622. The Labute approximate surface area is 190 Å². The van der Waals surface area contributed by atoms with Crippen LogP contribution < -0.4 is 5.32 Å². The van der Waals surface area contributed by atoms with Crippen molar-refractivity contribution in [3.8, 4) is 17.4 Å². The molecule has 0 aliphatic carbocycles. The van der Waals surface area contributed by atoms with Crippen molar-refractivity contribution in [2.45, 2.75) is 13.3 Å². The Kier molecular flexibility index (Phi) is 6.09. The summed E-state index contributed by atoms with van der Waals surface area (Å²) in [5.41, 5.74) is 3.75. The van der Waals surface area contributed by atoms with E-state index in [4.69, 9.17) is 9.52 Å². The number of aromatic amines is 1. The smallest absolute Gasteiger partial charge is 0.335 e. The zero-order valence-corrected chi connectivity index (χ0v) is 17.9. The van der Waals surface area contributed by atoms with E-state index in [0.717, 1.165) is 27.6 Å². The molecular formula is C26H21N3O4. The lowest BCUT2D eigenvalue weighted by molar-refractivity contribution is -0.117. The summed E-state index contributed by atoms with van der Waals surface area (Å²) in [5.74, 6) is -0.595. The number of carbonyl (C=O) groups is 2. The molecule has 164 valence electrons. The Balaban J connectivity index is 1.43. The first-order valence-corrected chi connectivity index (χ1v) is 10.4. The molecule has 2 aromatic heterocycles. The van der Waals surface area contributed by atoms with Crippen LogP contribution in [0.2, 0.25) is 0 Å². The number of para-hydroxylation sites is 1. The molecule has 4 rings (SSSR count). The molecule has 0 bridgehead atoms. The lowest BCUT2D eigenvalue weighted by atomic mass is 10.0. The second-order valence-electron chi connectivity index (χ2n) is 7.57. The molecule has 7 heteroatoms. The van der Waals surface area contributed by atoms with Crippen molar-refractivity contribution < 1.29 is 19.1 Å². The summed E-state index contributed by atoms with van der Waals surface area (Å²) in [7, 11) is 0. The molecule has 0 atom stereocenters. The number of H-pyrrole nitrogens is 1. The van der Waals surface area contributed by atoms with Gasteiger partial charge in [0.25, 0.3) is 5.91 Å². The summed E-state index contributed by atoms with van der Waals surface area (Å²) < 4.78 is 5.79. The highest BCUT2D eigenvalue weighted by Crippen LogP contribution is 2.27. The van der Waals surface area contributed by atoms with Gasteiger partial charge in [-0.2, -0.15) is 5.26 Å². The number of hydrogen-bond acceptors (Lipinski definition) is 4. The van der Waals surface area contributed by atoms with Crippen molar-refractivity contribution in [3.63, 3.8) is 0 Å². The molecule has 2 heterocycles. The number of carbonyl (C=O) groups excluding carboxylic acids is 1. The van der Waals surface area contributed by atoms with Crippen LogP contribution in [0.5, 0.6) is 0 Å². The van der Waals surface area contributed by atoms with E-state index in [9.17, 15) is 14.9 Å². The summed E-state index contributed by atoms with van der Waals surface area (Å²) >= 11 is 0. The van der Waals surface area contributed by atoms with Crippen molar-refractivity contribution in [1.29, 1.82) is 5.26 Å². The number of aryl methyl sites for hydroxylation is 1. The van der Waals surface area contributed by atoms with E-state index >= 15 is 0 Å². The number of benzene rings is 2. The lowest BCUT2D eigenvalue weighted by Crippen LogP contribution is -2.26. The summed E-state index contributed by atoms with van der Waals surface area (Å²) in [6.45, 7) is 2.18. The van der Waals surface area contributed by atoms with Crippen molar-refractivity contribution in [2.75, 3.05) is 6.54 Å². The summed E-state index contributed by atoms with van der Waals surface area (Å²) in [4.78, 5) is 26.8. The number of rotatable bonds is 7. The maximum Gasteiger partial charge on any atom is 0.335 e. The van der Waals surface area contributed by atoms with Gasteiger partial charge in [-0.25, -0.2) is 4.79 Å². The molecule has 0 aliphatic heterocycles. The van der Waals surface area contributed by atoms with Crippen LogP contribution in [0.25, 0.3) is 28.3 Å². The number of amides is 1. The quantitative estimate of drug-likeness (QED) is 0.285. The highest BCUT2D eigenvalue weighted by atomic mass is 16.4. The monoisotopic (exact) mass is 439 g/mol. The first-order chi connectivity index (χ1) is 16.0. The van der Waals surface area contributed by atoms with Crippen molar-refractivity contribution >= 4 is 28.9 Å². The van der Waals surface area contributed by atoms with E-state index in [-0.39, 0.29) is 11.1 Å². The summed E-state index contributed by atoms with van der Waals surface area (Å²) in [6, 6.07) is 18.0. The van der Waals surface area contributed by atoms with Crippen molar-refractivity contribution in [3.05, 3.63) is 88.8 Å². The van der Waals surface area contributed by atoms with Crippen LogP contribution in [0.3, 0.4) is 0 Å². The molecule has 0 unspecified atom stereocenters. The Morgan fingerprint density at radius 1 is 1.18 bits per heavy atom. The fraction of sp³-hybridized carbons (Fsp3) is 0.115. The van der Waals surface area contributed by atoms with Crippen LogP contribution in [0.4, 0.5) is 0 Å². The first-order valence-electron chi connectivity index (χ1n) is 10.4. The molecule has 2 aromatic carbocycles. The maximum absolute atomic E-state index is 12.5. The molecule has 0 saturated heterocycles. The maximum atomic E-state index is 12.5. The predicted octanol–water partition coefficient (Wildman–Crippen LogP) is 4.70. The van der Waals surface area contributed by atoms with Crippen molar-refractivity contribution in [2.24, 2.45) is 0 Å². The van der Waals surface area contributed by atoms with Crippen LogP contribution in [-0.4, -0.2) is 28.5 Å². The third-order valence-electron chi connectivity index (χ3n) is 5.37. The van der Waals surface area contributed by atoms with Gasteiger partial charge in [-0.15, -0.1) is 0 Å². The fourth-order valence-corrected chi connectivity index (χ4v) is 3.68. The van der Waals surface area contributed by atoms with E-state index in [1.807, 2.05) is 36.5 Å². The number of nitrogens with one attached hydrogen (secondary N) is 2. The largest absolute Gasteiger partial charge is 0.478 e. The zero-order chi connectivity index (χ0) is 23.4. The summed E-state index contributed by atoms with van der Waals surface area (Å²) in [6.07, 6.45) is 3.95. The average Bonchev–Trinajstić information content (AvgIpc) is 3.44. The fourth-order valence-electron chi connectivity index (χ4n) is 3.68. The van der Waals surface area contributed by atoms with Gasteiger partial charge in [-0.1, -0.05) is 24.3 Å². The number of nitriles is 1. The third kappa shape index (κ3) is 4.70. The van der Waals surface area contributed by atoms with Crippen LogP contribution in [-0.2, 0) is 11.2 Å². The summed E-state index contributed by atoms with van der Waals surface area (Å²) in [5, 5.41) is 22.5. The highest BCUT2D eigenvalue weighted by molar-refractivity contribution is 6.01. The minimum atomic E-state index is -0.998. The van der Waals surface area contributed by atoms with Crippen LogP contribution in [0.1, 0.15) is 27.2 Å². The van der Waals surface area contributed by atoms with Crippen LogP contribution in [0, 0.1) is 18.3 Å². The molecule has 0 saturated carbocycles. The van der Waals surface area contributed by atoms with Crippen LogP contribution >= 0.6 is 0 Å². The lowest BCUT2D eigenvalue weighted by Gasteiger charge is -2.04. The van der Waals surface area contributed by atoms with E-state index in [1.54, 1.807) is 31.2 Å². The molecule has 33 heavy (non-hydrogen) atoms. The molecule has 1 amide bonds. The highest BCUT2D eigenvalue weighted by Gasteiger charge is 2.13. The van der Waals surface area contributed by atoms with Gasteiger partial charge in [0.15, 0.2) is 0 Å². The SMILES string of the molecule is Cc1cc(C(=O)O)ccc1-c1ccc(/C=C(/C#N)C(=O)NCCc2c[nH]c3ccccc23)o1. The Morgan fingerprint density at radius 2 is 2.00 bits per heavy atom. The van der Waals surface area contributed by atoms with E-state index in [2.05, 4.69) is 10.3 Å². The molecule has 4 aromatic rings. The number of hydrogen-bond donors (Lipinski definition) is 3. The second-order valence-corrected chi connectivity index (χ2v) is 7.57. The third-order valence-corrected chi connectivity index (χ3v) is 5.37. The topological polar surface area (TPSA) is 119 Å². The molecule has 7 nitrogen and oxygen atoms in total. The van der Waals surface area contributed by atoms with Gasteiger partial charge in [0.05, 0.1) is 5.56 Å². The van der Waals surface area contributed by atoms with Gasteiger partial charge in [-0.3, -0.25) is 4.79 Å². The normalized spacial score (nSPS) is 11.3. The number of carboxylic acid groups (broad SMARTS) is 1. The van der Waals surface area contributed by atoms with Gasteiger partial charge in [0.1, 0.15) is 23.2 Å². The molecular weight excluding hydrogens is 418 g/mol. The van der Waals surface area contributed by atoms with Gasteiger partial charge < -0.3 is 19.8 Å². The van der Waals surface area contributed by atoms with E-state index in [0.29, 0.717) is 24.5 Å². The molecule has 0 spiro atoms. The zero-order valence-electron chi connectivity index (χ0n) is 17.9. The predicted molar refractivity (Wildman–Crippen MR) is 124 cm³/mol. The Bertz CT molecular complexity index is 1420. The van der Waals surface area contributed by atoms with Gasteiger partial charge in [0, 0.05) is 35.3 Å². The van der Waals surface area contributed by atoms with E-state index in [1.165, 1.54) is 12.1 Å². The van der Waals surface area contributed by atoms with Gasteiger partial charge >= 0.3 is 5.97 Å². The number of aromatic carboxylic acids is 1. The number of furan rings is 1. The number of fused-ring (bicyclic) bond motifs is 1. The van der Waals surface area contributed by atoms with Gasteiger partial charge in [-0.05, 0) is 54.8 Å².